The summed E-state index contributed by atoms with van der Waals surface area (Å²) in [6, 6.07) is 9.69. The molecule has 0 spiro atoms. The Morgan fingerprint density at radius 2 is 2.00 bits per heavy atom. The van der Waals surface area contributed by atoms with Crippen LogP contribution in [0.2, 0.25) is 0 Å². The fourth-order valence-electron chi connectivity index (χ4n) is 2.18. The minimum atomic E-state index is -3.75. The quantitative estimate of drug-likeness (QED) is 0.834. The first kappa shape index (κ1) is 15.8. The van der Waals surface area contributed by atoms with E-state index in [0.717, 1.165) is 5.56 Å². The van der Waals surface area contributed by atoms with Crippen molar-refractivity contribution in [3.63, 3.8) is 0 Å². The molecule has 0 unspecified atom stereocenters. The van der Waals surface area contributed by atoms with Crippen molar-refractivity contribution in [2.45, 2.75) is 11.8 Å². The molecule has 1 amide bonds. The second-order valence-electron chi connectivity index (χ2n) is 5.09. The molecule has 1 aliphatic heterocycles. The second kappa shape index (κ2) is 5.86. The van der Waals surface area contributed by atoms with Gasteiger partial charge in [-0.25, -0.2) is 8.42 Å². The molecule has 8 heteroatoms. The van der Waals surface area contributed by atoms with Gasteiger partial charge in [-0.3, -0.25) is 9.52 Å². The summed E-state index contributed by atoms with van der Waals surface area (Å²) in [4.78, 5) is 11.5. The molecule has 2 aromatic carbocycles. The van der Waals surface area contributed by atoms with Gasteiger partial charge in [-0.05, 0) is 58.7 Å². The number of halogens is 1. The maximum absolute atomic E-state index is 12.5. The lowest BCUT2D eigenvalue weighted by atomic mass is 10.2. The fraction of sp³-hybridized carbons (Fsp3) is 0.133. The van der Waals surface area contributed by atoms with E-state index >= 15 is 0 Å². The number of carbonyl (C=O) groups excluding carboxylic acids is 1. The zero-order valence-electron chi connectivity index (χ0n) is 12.1. The molecule has 0 radical (unpaired) electrons. The monoisotopic (exact) mass is 396 g/mol. The van der Waals surface area contributed by atoms with E-state index in [0.29, 0.717) is 21.6 Å². The number of hydrogen-bond donors (Lipinski definition) is 2. The number of hydrogen-bond acceptors (Lipinski definition) is 4. The third-order valence-electron chi connectivity index (χ3n) is 3.24. The lowest BCUT2D eigenvalue weighted by molar-refractivity contribution is -0.118. The summed E-state index contributed by atoms with van der Waals surface area (Å²) in [6.07, 6.45) is 0. The normalized spacial score (nSPS) is 13.7. The Balaban J connectivity index is 1.92. The van der Waals surface area contributed by atoms with Gasteiger partial charge in [0, 0.05) is 4.47 Å². The Morgan fingerprint density at radius 1 is 1.22 bits per heavy atom. The smallest absolute Gasteiger partial charge is 0.263 e. The van der Waals surface area contributed by atoms with Crippen LogP contribution in [-0.2, 0) is 14.8 Å². The van der Waals surface area contributed by atoms with E-state index in [1.54, 1.807) is 24.3 Å². The Bertz CT molecular complexity index is 896. The molecule has 0 bridgehead atoms. The minimum absolute atomic E-state index is 0.0472. The Kier molecular flexibility index (Phi) is 4.03. The number of nitrogens with one attached hydrogen (secondary N) is 2. The summed E-state index contributed by atoms with van der Waals surface area (Å²) < 4.78 is 33.2. The van der Waals surface area contributed by atoms with Gasteiger partial charge in [0.2, 0.25) is 0 Å². The average molecular weight is 397 g/mol. The maximum Gasteiger partial charge on any atom is 0.263 e. The maximum atomic E-state index is 12.5. The van der Waals surface area contributed by atoms with Crippen LogP contribution in [0.5, 0.6) is 5.75 Å². The first-order valence-corrected chi connectivity index (χ1v) is 8.98. The van der Waals surface area contributed by atoms with E-state index in [9.17, 15) is 13.2 Å². The van der Waals surface area contributed by atoms with Crippen molar-refractivity contribution in [2.24, 2.45) is 0 Å². The number of anilines is 2. The summed E-state index contributed by atoms with van der Waals surface area (Å²) >= 11 is 3.27. The molecule has 3 rings (SSSR count). The number of benzene rings is 2. The molecule has 23 heavy (non-hydrogen) atoms. The molecule has 0 saturated heterocycles. The highest BCUT2D eigenvalue weighted by atomic mass is 79.9. The van der Waals surface area contributed by atoms with E-state index in [-0.39, 0.29) is 17.4 Å². The van der Waals surface area contributed by atoms with E-state index in [1.807, 2.05) is 6.92 Å². The number of aryl methyl sites for hydroxylation is 1. The van der Waals surface area contributed by atoms with Gasteiger partial charge < -0.3 is 10.1 Å². The van der Waals surface area contributed by atoms with Crippen LogP contribution in [0.25, 0.3) is 0 Å². The van der Waals surface area contributed by atoms with Gasteiger partial charge in [0.05, 0.1) is 11.4 Å². The molecule has 2 aromatic rings. The zero-order chi connectivity index (χ0) is 16.6. The van der Waals surface area contributed by atoms with Gasteiger partial charge in [-0.15, -0.1) is 0 Å². The van der Waals surface area contributed by atoms with E-state index in [2.05, 4.69) is 26.0 Å². The molecule has 0 fully saturated rings. The molecular weight excluding hydrogens is 384 g/mol. The SMILES string of the molecule is Cc1ccc(S(=O)(=O)Nc2ccc3c(c2)NC(=O)CO3)c(Br)c1. The van der Waals surface area contributed by atoms with Crippen molar-refractivity contribution in [1.82, 2.24) is 0 Å². The number of amides is 1. The Hall–Kier alpha value is -2.06. The van der Waals surface area contributed by atoms with Crippen molar-refractivity contribution in [3.8, 4) is 5.75 Å². The predicted molar refractivity (Wildman–Crippen MR) is 90.3 cm³/mol. The summed E-state index contributed by atoms with van der Waals surface area (Å²) in [5.41, 5.74) is 1.72. The third kappa shape index (κ3) is 3.32. The van der Waals surface area contributed by atoms with Crippen LogP contribution in [0.1, 0.15) is 5.56 Å². The molecule has 1 heterocycles. The first-order valence-electron chi connectivity index (χ1n) is 6.71. The van der Waals surface area contributed by atoms with Gasteiger partial charge in [0.15, 0.2) is 6.61 Å². The van der Waals surface area contributed by atoms with Crippen LogP contribution in [0, 0.1) is 6.92 Å². The Labute approximate surface area is 142 Å². The molecule has 6 nitrogen and oxygen atoms in total. The van der Waals surface area contributed by atoms with E-state index in [4.69, 9.17) is 4.74 Å². The van der Waals surface area contributed by atoms with Crippen LogP contribution in [0.15, 0.2) is 45.8 Å². The third-order valence-corrected chi connectivity index (χ3v) is 5.60. The number of sulfonamides is 1. The van der Waals surface area contributed by atoms with Crippen LogP contribution >= 0.6 is 15.9 Å². The largest absolute Gasteiger partial charge is 0.482 e. The lowest BCUT2D eigenvalue weighted by Crippen LogP contribution is -2.25. The van der Waals surface area contributed by atoms with Crippen molar-refractivity contribution in [2.75, 3.05) is 16.6 Å². The minimum Gasteiger partial charge on any atom is -0.482 e. The zero-order valence-corrected chi connectivity index (χ0v) is 14.5. The molecule has 0 atom stereocenters. The summed E-state index contributed by atoms with van der Waals surface area (Å²) in [7, 11) is -3.75. The number of ether oxygens (including phenoxy) is 1. The van der Waals surface area contributed by atoms with Gasteiger partial charge in [-0.2, -0.15) is 0 Å². The number of fused-ring (bicyclic) bond motifs is 1. The topological polar surface area (TPSA) is 84.5 Å². The van der Waals surface area contributed by atoms with Gasteiger partial charge in [-0.1, -0.05) is 6.07 Å². The van der Waals surface area contributed by atoms with E-state index in [1.165, 1.54) is 12.1 Å². The van der Waals surface area contributed by atoms with Gasteiger partial charge >= 0.3 is 0 Å². The highest BCUT2D eigenvalue weighted by molar-refractivity contribution is 9.10. The molecule has 0 saturated carbocycles. The molecule has 0 aliphatic carbocycles. The van der Waals surface area contributed by atoms with Crippen LogP contribution in [-0.4, -0.2) is 20.9 Å². The highest BCUT2D eigenvalue weighted by Gasteiger charge is 2.20. The molecule has 0 aromatic heterocycles. The van der Waals surface area contributed by atoms with Crippen LogP contribution < -0.4 is 14.8 Å². The molecule has 120 valence electrons. The summed E-state index contributed by atoms with van der Waals surface area (Å²) in [6.45, 7) is 1.83. The lowest BCUT2D eigenvalue weighted by Gasteiger charge is -2.19. The van der Waals surface area contributed by atoms with Gasteiger partial charge in [0.25, 0.3) is 15.9 Å². The number of rotatable bonds is 3. The van der Waals surface area contributed by atoms with Crippen LogP contribution in [0.4, 0.5) is 11.4 Å². The first-order chi connectivity index (χ1) is 10.8. The molecule has 2 N–H and O–H groups in total. The Morgan fingerprint density at radius 3 is 2.74 bits per heavy atom. The predicted octanol–water partition coefficient (Wildman–Crippen LogP) is 2.89. The highest BCUT2D eigenvalue weighted by Crippen LogP contribution is 2.32. The summed E-state index contributed by atoms with van der Waals surface area (Å²) in [5.74, 6) is 0.225. The number of carbonyl (C=O) groups is 1. The van der Waals surface area contributed by atoms with Crippen LogP contribution in [0.3, 0.4) is 0 Å². The fourth-order valence-corrected chi connectivity index (χ4v) is 4.42. The van der Waals surface area contributed by atoms with Crippen molar-refractivity contribution in [1.29, 1.82) is 0 Å². The standard InChI is InChI=1S/C15H13BrN2O4S/c1-9-2-5-14(11(16)6-9)23(20,21)18-10-3-4-13-12(7-10)17-15(19)8-22-13/h2-7,18H,8H2,1H3,(H,17,19). The van der Waals surface area contributed by atoms with Crippen molar-refractivity contribution in [3.05, 3.63) is 46.4 Å². The molecular formula is C15H13BrN2O4S. The van der Waals surface area contributed by atoms with E-state index < -0.39 is 10.0 Å². The molecule has 1 aliphatic rings. The van der Waals surface area contributed by atoms with Crippen molar-refractivity contribution < 1.29 is 17.9 Å². The summed E-state index contributed by atoms with van der Waals surface area (Å²) in [5, 5.41) is 2.64. The van der Waals surface area contributed by atoms with Gasteiger partial charge in [0.1, 0.15) is 10.6 Å². The average Bonchev–Trinajstić information content (AvgIpc) is 2.45. The second-order valence-corrected chi connectivity index (χ2v) is 7.59. The van der Waals surface area contributed by atoms with Crippen molar-refractivity contribution >= 4 is 43.2 Å².